The third kappa shape index (κ3) is 2.93. The summed E-state index contributed by atoms with van der Waals surface area (Å²) in [6.07, 6.45) is -0.272. The summed E-state index contributed by atoms with van der Waals surface area (Å²) in [5.74, 6) is -0.0677. The van der Waals surface area contributed by atoms with Crippen LogP contribution < -0.4 is 10.4 Å². The molecule has 0 spiro atoms. The molecular weight excluding hydrogens is 324 g/mol. The van der Waals surface area contributed by atoms with E-state index in [9.17, 15) is 14.7 Å². The number of benzene rings is 1. The van der Waals surface area contributed by atoms with E-state index in [4.69, 9.17) is 13.9 Å². The molecule has 0 bridgehead atoms. The molecule has 0 saturated heterocycles. The highest BCUT2D eigenvalue weighted by Gasteiger charge is 2.47. The third-order valence-corrected chi connectivity index (χ3v) is 4.42. The average Bonchev–Trinajstić information content (AvgIpc) is 2.91. The number of aliphatic hydroxyl groups excluding tert-OH is 1. The van der Waals surface area contributed by atoms with Gasteiger partial charge in [0.1, 0.15) is 23.0 Å². The molecule has 1 unspecified atom stereocenters. The lowest BCUT2D eigenvalue weighted by atomic mass is 9.93. The minimum atomic E-state index is -1.10. The first-order valence-corrected chi connectivity index (χ1v) is 8.02. The number of fused-ring (bicyclic) bond motifs is 3. The molecule has 0 radical (unpaired) electrons. The molecule has 25 heavy (non-hydrogen) atoms. The molecule has 1 aliphatic rings. The molecule has 6 nitrogen and oxygen atoms in total. The van der Waals surface area contributed by atoms with Gasteiger partial charge in [-0.3, -0.25) is 0 Å². The van der Waals surface area contributed by atoms with Gasteiger partial charge in [-0.25, -0.2) is 9.59 Å². The number of ether oxygens (including phenoxy) is 2. The van der Waals surface area contributed by atoms with Crippen LogP contribution >= 0.6 is 0 Å². The molecule has 2 heterocycles. The first-order valence-electron chi connectivity index (χ1n) is 8.02. The van der Waals surface area contributed by atoms with E-state index in [2.05, 4.69) is 0 Å². The van der Waals surface area contributed by atoms with Crippen LogP contribution in [0.3, 0.4) is 0 Å². The highest BCUT2D eigenvalue weighted by molar-refractivity contribution is 5.88. The number of hydrogen-bond donors (Lipinski definition) is 1. The summed E-state index contributed by atoms with van der Waals surface area (Å²) in [6, 6.07) is 6.40. The predicted molar refractivity (Wildman–Crippen MR) is 91.5 cm³/mol. The summed E-state index contributed by atoms with van der Waals surface area (Å²) >= 11 is 0. The lowest BCUT2D eigenvalue weighted by Crippen LogP contribution is -2.45. The Balaban J connectivity index is 1.98. The van der Waals surface area contributed by atoms with E-state index in [1.165, 1.54) is 6.07 Å². The highest BCUT2D eigenvalue weighted by Crippen LogP contribution is 2.45. The fourth-order valence-corrected chi connectivity index (χ4v) is 2.89. The van der Waals surface area contributed by atoms with Gasteiger partial charge in [-0.05, 0) is 45.9 Å². The average molecular weight is 344 g/mol. The molecule has 6 heteroatoms. The van der Waals surface area contributed by atoms with Gasteiger partial charge in [0.15, 0.2) is 6.10 Å². The van der Waals surface area contributed by atoms with Gasteiger partial charge < -0.3 is 19.0 Å². The Kier molecular flexibility index (Phi) is 4.16. The molecular formula is C19H20O6. The molecule has 0 amide bonds. The molecule has 1 aromatic carbocycles. The summed E-state index contributed by atoms with van der Waals surface area (Å²) in [4.78, 5) is 23.7. The molecule has 3 rings (SSSR count). The molecule has 0 saturated carbocycles. The maximum atomic E-state index is 12.1. The fraction of sp³-hybridized carbons (Fsp3) is 0.368. The summed E-state index contributed by atoms with van der Waals surface area (Å²) in [5, 5.41) is 11.5. The topological polar surface area (TPSA) is 86.0 Å². The third-order valence-electron chi connectivity index (χ3n) is 4.42. The summed E-state index contributed by atoms with van der Waals surface area (Å²) in [5.41, 5.74) is -0.458. The van der Waals surface area contributed by atoms with Crippen LogP contribution in [-0.2, 0) is 9.53 Å². The second-order valence-electron chi connectivity index (χ2n) is 6.60. The van der Waals surface area contributed by atoms with E-state index in [0.717, 1.165) is 0 Å². The zero-order valence-electron chi connectivity index (χ0n) is 14.5. The van der Waals surface area contributed by atoms with E-state index in [-0.39, 0.29) is 5.58 Å². The number of aliphatic hydroxyl groups is 1. The van der Waals surface area contributed by atoms with Crippen LogP contribution in [0.5, 0.6) is 5.75 Å². The van der Waals surface area contributed by atoms with Crippen molar-refractivity contribution >= 4 is 16.9 Å². The van der Waals surface area contributed by atoms with Crippen molar-refractivity contribution in [3.63, 3.8) is 0 Å². The second-order valence-corrected chi connectivity index (χ2v) is 6.60. The molecule has 1 aliphatic heterocycles. The Hall–Kier alpha value is -2.60. The Bertz CT molecular complexity index is 921. The standard InChI is InChI=1S/C19H20O6/c1-5-10(2)18(22)25-19(3,4)17-15(21)14-12(23-17)8-6-11-7-9-13(20)24-16(11)14/h5-9,15,17,21H,1-4H3/b10-5-/t15?,17-/m0/s1. The van der Waals surface area contributed by atoms with Gasteiger partial charge in [0.2, 0.25) is 0 Å². The number of esters is 1. The van der Waals surface area contributed by atoms with Gasteiger partial charge in [-0.2, -0.15) is 0 Å². The summed E-state index contributed by atoms with van der Waals surface area (Å²) < 4.78 is 16.6. The largest absolute Gasteiger partial charge is 0.483 e. The van der Waals surface area contributed by atoms with Gasteiger partial charge in [0, 0.05) is 17.0 Å². The number of rotatable bonds is 3. The molecule has 132 valence electrons. The molecule has 1 aromatic heterocycles. The van der Waals surface area contributed by atoms with E-state index < -0.39 is 29.4 Å². The monoisotopic (exact) mass is 344 g/mol. The van der Waals surface area contributed by atoms with E-state index in [1.807, 2.05) is 0 Å². The Morgan fingerprint density at radius 3 is 2.64 bits per heavy atom. The van der Waals surface area contributed by atoms with Crippen molar-refractivity contribution in [3.8, 4) is 5.75 Å². The van der Waals surface area contributed by atoms with Gasteiger partial charge in [0.05, 0.1) is 5.56 Å². The summed E-state index contributed by atoms with van der Waals surface area (Å²) in [7, 11) is 0. The number of carbonyl (C=O) groups excluding carboxylic acids is 1. The smallest absolute Gasteiger partial charge is 0.336 e. The van der Waals surface area contributed by atoms with Crippen molar-refractivity contribution in [1.29, 1.82) is 0 Å². The van der Waals surface area contributed by atoms with Gasteiger partial charge >= 0.3 is 11.6 Å². The molecule has 2 aromatic rings. The lowest BCUT2D eigenvalue weighted by molar-refractivity contribution is -0.165. The van der Waals surface area contributed by atoms with Crippen LogP contribution in [0.25, 0.3) is 11.0 Å². The minimum Gasteiger partial charge on any atom is -0.483 e. The molecule has 0 fully saturated rings. The first-order chi connectivity index (χ1) is 11.7. The Labute approximate surface area is 144 Å². The highest BCUT2D eigenvalue weighted by atomic mass is 16.6. The van der Waals surface area contributed by atoms with Gasteiger partial charge in [0.25, 0.3) is 0 Å². The Morgan fingerprint density at radius 1 is 1.28 bits per heavy atom. The first kappa shape index (κ1) is 17.2. The van der Waals surface area contributed by atoms with Crippen LogP contribution in [0.2, 0.25) is 0 Å². The quantitative estimate of drug-likeness (QED) is 0.523. The minimum absolute atomic E-state index is 0.284. The van der Waals surface area contributed by atoms with Crippen molar-refractivity contribution < 1.29 is 23.8 Å². The van der Waals surface area contributed by atoms with E-state index in [0.29, 0.717) is 22.3 Å². The van der Waals surface area contributed by atoms with Gasteiger partial charge in [-0.1, -0.05) is 6.08 Å². The van der Waals surface area contributed by atoms with Crippen molar-refractivity contribution in [2.75, 3.05) is 0 Å². The van der Waals surface area contributed by atoms with Crippen LogP contribution in [0.4, 0.5) is 0 Å². The maximum absolute atomic E-state index is 12.1. The van der Waals surface area contributed by atoms with Crippen molar-refractivity contribution in [2.24, 2.45) is 0 Å². The zero-order valence-corrected chi connectivity index (χ0v) is 14.5. The van der Waals surface area contributed by atoms with Crippen molar-refractivity contribution in [1.82, 2.24) is 0 Å². The molecule has 2 atom stereocenters. The SMILES string of the molecule is C/C=C(/C)C(=O)OC(C)(C)[C@H]1Oc2ccc3ccc(=O)oc3c2C1O. The van der Waals surface area contributed by atoms with Crippen molar-refractivity contribution in [2.45, 2.75) is 45.5 Å². The maximum Gasteiger partial charge on any atom is 0.336 e. The Morgan fingerprint density at radius 2 is 1.96 bits per heavy atom. The van der Waals surface area contributed by atoms with Crippen LogP contribution in [-0.4, -0.2) is 22.8 Å². The van der Waals surface area contributed by atoms with Gasteiger partial charge in [-0.15, -0.1) is 0 Å². The molecule has 1 N–H and O–H groups in total. The number of carbonyl (C=O) groups is 1. The summed E-state index contributed by atoms with van der Waals surface area (Å²) in [6.45, 7) is 6.74. The van der Waals surface area contributed by atoms with Crippen LogP contribution in [0, 0.1) is 0 Å². The predicted octanol–water partition coefficient (Wildman–Crippen LogP) is 2.88. The van der Waals surface area contributed by atoms with E-state index in [1.54, 1.807) is 52.0 Å². The van der Waals surface area contributed by atoms with Crippen LogP contribution in [0.1, 0.15) is 39.4 Å². The number of hydrogen-bond acceptors (Lipinski definition) is 6. The number of allylic oxidation sites excluding steroid dienone is 1. The van der Waals surface area contributed by atoms with Crippen molar-refractivity contribution in [3.05, 3.63) is 51.9 Å². The van der Waals surface area contributed by atoms with E-state index >= 15 is 0 Å². The normalized spacial score (nSPS) is 20.3. The zero-order chi connectivity index (χ0) is 18.4. The second kappa shape index (κ2) is 6.04. The fourth-order valence-electron chi connectivity index (χ4n) is 2.89. The molecule has 0 aliphatic carbocycles. The van der Waals surface area contributed by atoms with Crippen LogP contribution in [0.15, 0.2) is 45.1 Å². The lowest BCUT2D eigenvalue weighted by Gasteiger charge is -2.32.